The number of aromatic nitrogens is 3. The molecule has 2 rings (SSSR count). The molecule has 0 atom stereocenters. The van der Waals surface area contributed by atoms with Crippen molar-refractivity contribution in [2.75, 3.05) is 5.32 Å². The zero-order chi connectivity index (χ0) is 13.8. The van der Waals surface area contributed by atoms with Crippen molar-refractivity contribution >= 4 is 5.95 Å². The zero-order valence-corrected chi connectivity index (χ0v) is 11.6. The molecular weight excluding hydrogens is 244 g/mol. The Labute approximate surface area is 112 Å². The predicted molar refractivity (Wildman–Crippen MR) is 71.1 cm³/mol. The highest BCUT2D eigenvalue weighted by Crippen LogP contribution is 2.15. The molecule has 0 aliphatic rings. The van der Waals surface area contributed by atoms with Crippen molar-refractivity contribution in [1.29, 1.82) is 0 Å². The van der Waals surface area contributed by atoms with Gasteiger partial charge in [0, 0.05) is 24.4 Å². The van der Waals surface area contributed by atoms with Crippen molar-refractivity contribution in [2.24, 2.45) is 0 Å². The van der Waals surface area contributed by atoms with Gasteiger partial charge in [0.2, 0.25) is 11.8 Å². The van der Waals surface area contributed by atoms with Crippen LogP contribution in [0.25, 0.3) is 0 Å². The standard InChI is InChI=1S/C13H18N4O2/c1-8(2)18-12-5-6-14-13(16-12)15-7-11-9(3)17-19-10(11)4/h5-6,8H,7H2,1-4H3,(H,14,15,16). The first-order valence-electron chi connectivity index (χ1n) is 6.21. The van der Waals surface area contributed by atoms with Gasteiger partial charge in [-0.3, -0.25) is 0 Å². The number of hydrogen-bond acceptors (Lipinski definition) is 6. The highest BCUT2D eigenvalue weighted by atomic mass is 16.5. The summed E-state index contributed by atoms with van der Waals surface area (Å²) in [6, 6.07) is 1.74. The summed E-state index contributed by atoms with van der Waals surface area (Å²) in [5.41, 5.74) is 1.90. The minimum atomic E-state index is 0.0883. The second-order valence-electron chi connectivity index (χ2n) is 4.54. The Morgan fingerprint density at radius 2 is 2.16 bits per heavy atom. The molecule has 0 saturated carbocycles. The van der Waals surface area contributed by atoms with Crippen molar-refractivity contribution in [1.82, 2.24) is 15.1 Å². The first kappa shape index (κ1) is 13.3. The smallest absolute Gasteiger partial charge is 0.226 e. The molecule has 0 aliphatic heterocycles. The molecule has 0 fully saturated rings. The second-order valence-corrected chi connectivity index (χ2v) is 4.54. The summed E-state index contributed by atoms with van der Waals surface area (Å²) in [5, 5.41) is 7.04. The van der Waals surface area contributed by atoms with Gasteiger partial charge in [-0.15, -0.1) is 0 Å². The second kappa shape index (κ2) is 5.69. The summed E-state index contributed by atoms with van der Waals surface area (Å²) >= 11 is 0. The van der Waals surface area contributed by atoms with E-state index in [2.05, 4.69) is 20.4 Å². The van der Waals surface area contributed by atoms with E-state index in [1.54, 1.807) is 12.3 Å². The third-order valence-corrected chi connectivity index (χ3v) is 2.59. The lowest BCUT2D eigenvalue weighted by Gasteiger charge is -2.09. The quantitative estimate of drug-likeness (QED) is 0.892. The lowest BCUT2D eigenvalue weighted by Crippen LogP contribution is -2.09. The van der Waals surface area contributed by atoms with Gasteiger partial charge in [0.1, 0.15) is 5.76 Å². The number of aryl methyl sites for hydroxylation is 2. The van der Waals surface area contributed by atoms with Gasteiger partial charge in [0.15, 0.2) is 0 Å². The molecule has 0 saturated heterocycles. The summed E-state index contributed by atoms with van der Waals surface area (Å²) in [4.78, 5) is 8.43. The number of nitrogens with one attached hydrogen (secondary N) is 1. The number of rotatable bonds is 5. The number of nitrogens with zero attached hydrogens (tertiary/aromatic N) is 3. The van der Waals surface area contributed by atoms with Gasteiger partial charge in [-0.05, 0) is 27.7 Å². The van der Waals surface area contributed by atoms with Crippen LogP contribution in [0.3, 0.4) is 0 Å². The van der Waals surface area contributed by atoms with Crippen molar-refractivity contribution < 1.29 is 9.26 Å². The maximum Gasteiger partial charge on any atom is 0.226 e. The summed E-state index contributed by atoms with van der Waals surface area (Å²) < 4.78 is 10.6. The average Bonchev–Trinajstić information content (AvgIpc) is 2.66. The van der Waals surface area contributed by atoms with Crippen LogP contribution in [0.5, 0.6) is 5.88 Å². The molecule has 0 aliphatic carbocycles. The van der Waals surface area contributed by atoms with E-state index in [0.717, 1.165) is 17.0 Å². The fourth-order valence-corrected chi connectivity index (χ4v) is 1.66. The van der Waals surface area contributed by atoms with Gasteiger partial charge in [0.05, 0.1) is 11.8 Å². The summed E-state index contributed by atoms with van der Waals surface area (Å²) in [5.74, 6) is 1.89. The van der Waals surface area contributed by atoms with E-state index in [9.17, 15) is 0 Å². The number of hydrogen-bond donors (Lipinski definition) is 1. The van der Waals surface area contributed by atoms with Crippen LogP contribution < -0.4 is 10.1 Å². The van der Waals surface area contributed by atoms with Crippen LogP contribution in [0.2, 0.25) is 0 Å². The normalized spacial score (nSPS) is 10.8. The van der Waals surface area contributed by atoms with Crippen LogP contribution in [-0.2, 0) is 6.54 Å². The number of anilines is 1. The highest BCUT2D eigenvalue weighted by Gasteiger charge is 2.09. The number of ether oxygens (including phenoxy) is 1. The molecule has 0 bridgehead atoms. The van der Waals surface area contributed by atoms with Crippen molar-refractivity contribution in [3.63, 3.8) is 0 Å². The minimum Gasteiger partial charge on any atom is -0.475 e. The molecule has 1 N–H and O–H groups in total. The van der Waals surface area contributed by atoms with Crippen LogP contribution in [0, 0.1) is 13.8 Å². The Hall–Kier alpha value is -2.11. The lowest BCUT2D eigenvalue weighted by molar-refractivity contribution is 0.232. The summed E-state index contributed by atoms with van der Waals surface area (Å²) in [7, 11) is 0. The van der Waals surface area contributed by atoms with Crippen molar-refractivity contribution in [2.45, 2.75) is 40.3 Å². The van der Waals surface area contributed by atoms with Crippen LogP contribution in [0.4, 0.5) is 5.95 Å². The molecular formula is C13H18N4O2. The highest BCUT2D eigenvalue weighted by molar-refractivity contribution is 5.31. The summed E-state index contributed by atoms with van der Waals surface area (Å²) in [6.45, 7) is 8.28. The Kier molecular flexibility index (Phi) is 3.99. The van der Waals surface area contributed by atoms with E-state index in [1.807, 2.05) is 27.7 Å². The van der Waals surface area contributed by atoms with Gasteiger partial charge in [-0.25, -0.2) is 4.98 Å². The fourth-order valence-electron chi connectivity index (χ4n) is 1.66. The lowest BCUT2D eigenvalue weighted by atomic mass is 10.2. The molecule has 2 aromatic rings. The third-order valence-electron chi connectivity index (χ3n) is 2.59. The van der Waals surface area contributed by atoms with Crippen molar-refractivity contribution in [3.05, 3.63) is 29.3 Å². The van der Waals surface area contributed by atoms with E-state index in [0.29, 0.717) is 18.4 Å². The van der Waals surface area contributed by atoms with E-state index in [-0.39, 0.29) is 6.10 Å². The zero-order valence-electron chi connectivity index (χ0n) is 11.6. The van der Waals surface area contributed by atoms with E-state index < -0.39 is 0 Å². The SMILES string of the molecule is Cc1noc(C)c1CNc1nccc(OC(C)C)n1. The van der Waals surface area contributed by atoms with E-state index >= 15 is 0 Å². The molecule has 0 unspecified atom stereocenters. The molecule has 0 spiro atoms. The van der Waals surface area contributed by atoms with Crippen LogP contribution in [-0.4, -0.2) is 21.2 Å². The molecule has 0 amide bonds. The Morgan fingerprint density at radius 3 is 2.79 bits per heavy atom. The largest absolute Gasteiger partial charge is 0.475 e. The van der Waals surface area contributed by atoms with Gasteiger partial charge >= 0.3 is 0 Å². The van der Waals surface area contributed by atoms with Gasteiger partial charge in [-0.2, -0.15) is 4.98 Å². The van der Waals surface area contributed by atoms with Crippen molar-refractivity contribution in [3.8, 4) is 5.88 Å². The van der Waals surface area contributed by atoms with Crippen LogP contribution in [0.1, 0.15) is 30.9 Å². The van der Waals surface area contributed by atoms with Gasteiger partial charge < -0.3 is 14.6 Å². The molecule has 2 aromatic heterocycles. The molecule has 0 radical (unpaired) electrons. The van der Waals surface area contributed by atoms with E-state index in [4.69, 9.17) is 9.26 Å². The first-order chi connectivity index (χ1) is 9.06. The van der Waals surface area contributed by atoms with Crippen LogP contribution >= 0.6 is 0 Å². The fraction of sp³-hybridized carbons (Fsp3) is 0.462. The van der Waals surface area contributed by atoms with Crippen LogP contribution in [0.15, 0.2) is 16.8 Å². The summed E-state index contributed by atoms with van der Waals surface area (Å²) in [6.07, 6.45) is 1.76. The molecule has 0 aromatic carbocycles. The molecule has 19 heavy (non-hydrogen) atoms. The average molecular weight is 262 g/mol. The first-order valence-corrected chi connectivity index (χ1v) is 6.21. The minimum absolute atomic E-state index is 0.0883. The maximum atomic E-state index is 5.52. The van der Waals surface area contributed by atoms with E-state index in [1.165, 1.54) is 0 Å². The molecule has 6 nitrogen and oxygen atoms in total. The monoisotopic (exact) mass is 262 g/mol. The Balaban J connectivity index is 2.03. The maximum absolute atomic E-state index is 5.52. The molecule has 2 heterocycles. The Morgan fingerprint density at radius 1 is 1.37 bits per heavy atom. The third kappa shape index (κ3) is 3.43. The van der Waals surface area contributed by atoms with Gasteiger partial charge in [0.25, 0.3) is 0 Å². The molecule has 6 heteroatoms. The molecule has 102 valence electrons. The van der Waals surface area contributed by atoms with Gasteiger partial charge in [-0.1, -0.05) is 5.16 Å². The predicted octanol–water partition coefficient (Wildman–Crippen LogP) is 2.48. The topological polar surface area (TPSA) is 73.1 Å². The Bertz CT molecular complexity index is 532.